The molecule has 1 fully saturated rings. The maximum atomic E-state index is 13.0. The fourth-order valence-corrected chi connectivity index (χ4v) is 3.01. The quantitative estimate of drug-likeness (QED) is 0.838. The van der Waals surface area contributed by atoms with Gasteiger partial charge in [-0.05, 0) is 42.4 Å². The van der Waals surface area contributed by atoms with Crippen LogP contribution in [0.4, 0.5) is 4.39 Å². The third kappa shape index (κ3) is 3.06. The van der Waals surface area contributed by atoms with Crippen molar-refractivity contribution in [1.82, 2.24) is 5.32 Å². The molecule has 3 unspecified atom stereocenters. The summed E-state index contributed by atoms with van der Waals surface area (Å²) in [5.41, 5.74) is 1.04. The van der Waals surface area contributed by atoms with E-state index in [-0.39, 0.29) is 5.82 Å². The standard InChI is InChI=1S/C15H22FN/c1-3-13-7-8-15(11(13)2)17-10-12-5-4-6-14(16)9-12/h4-6,9,11,13,15,17H,3,7-8,10H2,1-2H3. The topological polar surface area (TPSA) is 12.0 Å². The van der Waals surface area contributed by atoms with Crippen LogP contribution in [0.1, 0.15) is 38.7 Å². The average Bonchev–Trinajstić information content (AvgIpc) is 2.67. The Morgan fingerprint density at radius 3 is 2.82 bits per heavy atom. The summed E-state index contributed by atoms with van der Waals surface area (Å²) >= 11 is 0. The van der Waals surface area contributed by atoms with Crippen molar-refractivity contribution in [3.63, 3.8) is 0 Å². The van der Waals surface area contributed by atoms with Crippen LogP contribution in [0.2, 0.25) is 0 Å². The zero-order chi connectivity index (χ0) is 12.3. The molecule has 0 bridgehead atoms. The van der Waals surface area contributed by atoms with Crippen molar-refractivity contribution in [2.75, 3.05) is 0 Å². The zero-order valence-corrected chi connectivity index (χ0v) is 10.7. The monoisotopic (exact) mass is 235 g/mol. The van der Waals surface area contributed by atoms with E-state index in [0.29, 0.717) is 6.04 Å². The molecule has 0 saturated heterocycles. The van der Waals surface area contributed by atoms with Crippen molar-refractivity contribution in [2.24, 2.45) is 11.8 Å². The smallest absolute Gasteiger partial charge is 0.123 e. The van der Waals surface area contributed by atoms with Crippen molar-refractivity contribution in [3.8, 4) is 0 Å². The van der Waals surface area contributed by atoms with Gasteiger partial charge in [0.05, 0.1) is 0 Å². The molecule has 1 saturated carbocycles. The van der Waals surface area contributed by atoms with Crippen LogP contribution in [0.3, 0.4) is 0 Å². The molecule has 0 amide bonds. The highest BCUT2D eigenvalue weighted by atomic mass is 19.1. The highest BCUT2D eigenvalue weighted by Gasteiger charge is 2.30. The SMILES string of the molecule is CCC1CCC(NCc2cccc(F)c2)C1C. The molecule has 1 N–H and O–H groups in total. The van der Waals surface area contributed by atoms with E-state index in [1.165, 1.54) is 25.3 Å². The van der Waals surface area contributed by atoms with Crippen LogP contribution in [0, 0.1) is 17.7 Å². The minimum Gasteiger partial charge on any atom is -0.310 e. The first-order valence-electron chi connectivity index (χ1n) is 6.68. The molecule has 0 spiro atoms. The van der Waals surface area contributed by atoms with Crippen LogP contribution in [-0.2, 0) is 6.54 Å². The Balaban J connectivity index is 1.87. The van der Waals surface area contributed by atoms with Gasteiger partial charge in [0.15, 0.2) is 0 Å². The summed E-state index contributed by atoms with van der Waals surface area (Å²) in [5.74, 6) is 1.46. The first-order chi connectivity index (χ1) is 8.20. The van der Waals surface area contributed by atoms with Crippen molar-refractivity contribution in [1.29, 1.82) is 0 Å². The zero-order valence-electron chi connectivity index (χ0n) is 10.7. The fourth-order valence-electron chi connectivity index (χ4n) is 3.01. The minimum absolute atomic E-state index is 0.143. The van der Waals surface area contributed by atoms with E-state index in [1.807, 2.05) is 6.07 Å². The second-order valence-electron chi connectivity index (χ2n) is 5.22. The van der Waals surface area contributed by atoms with Crippen LogP contribution >= 0.6 is 0 Å². The Morgan fingerprint density at radius 2 is 2.18 bits per heavy atom. The van der Waals surface area contributed by atoms with E-state index in [9.17, 15) is 4.39 Å². The van der Waals surface area contributed by atoms with Gasteiger partial charge in [-0.2, -0.15) is 0 Å². The predicted molar refractivity (Wildman–Crippen MR) is 69.2 cm³/mol. The molecule has 0 radical (unpaired) electrons. The van der Waals surface area contributed by atoms with Gasteiger partial charge in [0.1, 0.15) is 5.82 Å². The number of hydrogen-bond acceptors (Lipinski definition) is 1. The summed E-state index contributed by atoms with van der Waals surface area (Å²) < 4.78 is 13.0. The number of nitrogens with one attached hydrogen (secondary N) is 1. The molecule has 3 atom stereocenters. The highest BCUT2D eigenvalue weighted by Crippen LogP contribution is 2.33. The van der Waals surface area contributed by atoms with Gasteiger partial charge in [0, 0.05) is 12.6 Å². The summed E-state index contributed by atoms with van der Waals surface area (Å²) in [6, 6.07) is 7.47. The number of benzene rings is 1. The van der Waals surface area contributed by atoms with Gasteiger partial charge < -0.3 is 5.32 Å². The minimum atomic E-state index is -0.143. The van der Waals surface area contributed by atoms with Gasteiger partial charge in [0.25, 0.3) is 0 Å². The second kappa shape index (κ2) is 5.63. The van der Waals surface area contributed by atoms with Crippen molar-refractivity contribution in [3.05, 3.63) is 35.6 Å². The summed E-state index contributed by atoms with van der Waals surface area (Å²) in [5, 5.41) is 3.57. The molecule has 1 aromatic carbocycles. The molecule has 0 aromatic heterocycles. The first kappa shape index (κ1) is 12.6. The van der Waals surface area contributed by atoms with Crippen LogP contribution in [0.5, 0.6) is 0 Å². The fraction of sp³-hybridized carbons (Fsp3) is 0.600. The maximum absolute atomic E-state index is 13.0. The van der Waals surface area contributed by atoms with E-state index in [2.05, 4.69) is 19.2 Å². The van der Waals surface area contributed by atoms with Crippen molar-refractivity contribution >= 4 is 0 Å². The Bertz CT molecular complexity index is 364. The summed E-state index contributed by atoms with van der Waals surface area (Å²) in [7, 11) is 0. The number of halogens is 1. The lowest BCUT2D eigenvalue weighted by atomic mass is 9.93. The molecule has 17 heavy (non-hydrogen) atoms. The Kier molecular flexibility index (Phi) is 4.16. The van der Waals surface area contributed by atoms with Gasteiger partial charge in [-0.3, -0.25) is 0 Å². The summed E-state index contributed by atoms with van der Waals surface area (Å²) in [6.07, 6.45) is 3.87. The predicted octanol–water partition coefficient (Wildman–Crippen LogP) is 3.74. The molecule has 2 heteroatoms. The molecular weight excluding hydrogens is 213 g/mol. The summed E-state index contributed by atoms with van der Waals surface area (Å²) in [6.45, 7) is 5.39. The average molecular weight is 235 g/mol. The van der Waals surface area contributed by atoms with Crippen LogP contribution in [0.25, 0.3) is 0 Å². The number of hydrogen-bond donors (Lipinski definition) is 1. The largest absolute Gasteiger partial charge is 0.310 e. The molecule has 0 aliphatic heterocycles. The molecule has 2 rings (SSSR count). The maximum Gasteiger partial charge on any atom is 0.123 e. The first-order valence-corrected chi connectivity index (χ1v) is 6.68. The summed E-state index contributed by atoms with van der Waals surface area (Å²) in [4.78, 5) is 0. The number of rotatable bonds is 4. The lowest BCUT2D eigenvalue weighted by Gasteiger charge is -2.21. The van der Waals surface area contributed by atoms with Crippen LogP contribution in [-0.4, -0.2) is 6.04 Å². The van der Waals surface area contributed by atoms with Crippen molar-refractivity contribution < 1.29 is 4.39 Å². The van der Waals surface area contributed by atoms with Crippen LogP contribution in [0.15, 0.2) is 24.3 Å². The van der Waals surface area contributed by atoms with Gasteiger partial charge in [-0.25, -0.2) is 4.39 Å². The van der Waals surface area contributed by atoms with E-state index >= 15 is 0 Å². The molecule has 0 heterocycles. The van der Waals surface area contributed by atoms with E-state index < -0.39 is 0 Å². The van der Waals surface area contributed by atoms with Gasteiger partial charge in [-0.15, -0.1) is 0 Å². The van der Waals surface area contributed by atoms with E-state index in [4.69, 9.17) is 0 Å². The Morgan fingerprint density at radius 1 is 1.35 bits per heavy atom. The lowest BCUT2D eigenvalue weighted by molar-refractivity contribution is 0.344. The Labute approximate surface area is 103 Å². The molecule has 1 aliphatic carbocycles. The van der Waals surface area contributed by atoms with Gasteiger partial charge in [0.2, 0.25) is 0 Å². The third-order valence-corrected chi connectivity index (χ3v) is 4.21. The molecule has 1 aromatic rings. The normalized spacial score (nSPS) is 28.5. The Hall–Kier alpha value is -0.890. The molecule has 94 valence electrons. The van der Waals surface area contributed by atoms with E-state index in [1.54, 1.807) is 12.1 Å². The van der Waals surface area contributed by atoms with E-state index in [0.717, 1.165) is 23.9 Å². The van der Waals surface area contributed by atoms with Crippen LogP contribution < -0.4 is 5.32 Å². The molecule has 1 nitrogen and oxygen atoms in total. The second-order valence-corrected chi connectivity index (χ2v) is 5.22. The van der Waals surface area contributed by atoms with Crippen molar-refractivity contribution in [2.45, 2.75) is 45.7 Å². The lowest BCUT2D eigenvalue weighted by Crippen LogP contribution is -2.32. The van der Waals surface area contributed by atoms with Gasteiger partial charge in [-0.1, -0.05) is 32.4 Å². The molecular formula is C15H22FN. The molecule has 1 aliphatic rings. The highest BCUT2D eigenvalue weighted by molar-refractivity contribution is 5.16. The van der Waals surface area contributed by atoms with Gasteiger partial charge >= 0.3 is 0 Å². The third-order valence-electron chi connectivity index (χ3n) is 4.21.